The van der Waals surface area contributed by atoms with Crippen LogP contribution in [0.4, 0.5) is 4.79 Å². The highest BCUT2D eigenvalue weighted by molar-refractivity contribution is 7.99. The molecule has 0 radical (unpaired) electrons. The lowest BCUT2D eigenvalue weighted by molar-refractivity contribution is 0.0629. The van der Waals surface area contributed by atoms with Gasteiger partial charge in [-0.15, -0.1) is 11.8 Å². The Morgan fingerprint density at radius 2 is 1.96 bits per heavy atom. The summed E-state index contributed by atoms with van der Waals surface area (Å²) in [6.45, 7) is 8.55. The molecule has 2 rings (SSSR count). The van der Waals surface area contributed by atoms with E-state index >= 15 is 0 Å². The Balaban J connectivity index is 2.22. The monoisotopic (exact) mass is 393 g/mol. The molecule has 4 nitrogen and oxygen atoms in total. The second kappa shape index (κ2) is 9.83. The second-order valence-corrected chi connectivity index (χ2v) is 9.90. The molecular weight excluding hydrogens is 358 g/mol. The number of ether oxygens (including phenoxy) is 1. The van der Waals surface area contributed by atoms with Crippen molar-refractivity contribution in [3.8, 4) is 0 Å². The van der Waals surface area contributed by atoms with Gasteiger partial charge in [-0.05, 0) is 41.4 Å². The molecule has 0 saturated heterocycles. The fourth-order valence-corrected chi connectivity index (χ4v) is 5.38. The van der Waals surface area contributed by atoms with E-state index < -0.39 is 12.2 Å². The average Bonchev–Trinajstić information content (AvgIpc) is 2.63. The summed E-state index contributed by atoms with van der Waals surface area (Å²) in [4.78, 5) is 12.2. The van der Waals surface area contributed by atoms with Crippen molar-refractivity contribution in [3.63, 3.8) is 0 Å². The van der Waals surface area contributed by atoms with Gasteiger partial charge in [0.25, 0.3) is 0 Å². The van der Waals surface area contributed by atoms with Gasteiger partial charge in [-0.3, -0.25) is 0 Å². The van der Waals surface area contributed by atoms with E-state index in [9.17, 15) is 9.90 Å². The molecule has 3 N–H and O–H groups in total. The number of hydrogen-bond donors (Lipinski definition) is 2. The normalized spacial score (nSPS) is 18.1. The van der Waals surface area contributed by atoms with Gasteiger partial charge in [0, 0.05) is 16.6 Å². The molecule has 1 aromatic rings. The summed E-state index contributed by atoms with van der Waals surface area (Å²) in [5.74, 6) is 1.72. The maximum atomic E-state index is 10.9. The summed E-state index contributed by atoms with van der Waals surface area (Å²) in [6.07, 6.45) is 5.25. The van der Waals surface area contributed by atoms with Crippen LogP contribution in [0.2, 0.25) is 0 Å². The summed E-state index contributed by atoms with van der Waals surface area (Å²) in [6, 6.07) is 6.20. The summed E-state index contributed by atoms with van der Waals surface area (Å²) in [5, 5.41) is 10.9. The molecule has 0 spiro atoms. The molecule has 0 bridgehead atoms. The van der Waals surface area contributed by atoms with E-state index in [1.165, 1.54) is 42.6 Å². The van der Waals surface area contributed by atoms with Crippen molar-refractivity contribution in [1.82, 2.24) is 0 Å². The minimum absolute atomic E-state index is 0.0866. The Bertz CT molecular complexity index is 620. The standard InChI is InChI=1S/C22H35NO3S/c1-15(13-26-21(23)25)20(24)17-11-8-12-18(19(17)22(2,3)4)27-14-16-9-6-5-7-10-16/h8,11-12,15-16,20,24H,5-7,9-10,13-14H2,1-4H3,(H2,23,25). The first-order valence-electron chi connectivity index (χ1n) is 10.1. The minimum Gasteiger partial charge on any atom is -0.449 e. The van der Waals surface area contributed by atoms with E-state index in [-0.39, 0.29) is 17.9 Å². The van der Waals surface area contributed by atoms with Crippen molar-refractivity contribution < 1.29 is 14.6 Å². The molecular formula is C22H35NO3S. The topological polar surface area (TPSA) is 72.5 Å². The van der Waals surface area contributed by atoms with Gasteiger partial charge in [0.15, 0.2) is 0 Å². The molecule has 1 aliphatic carbocycles. The summed E-state index contributed by atoms with van der Waals surface area (Å²) in [7, 11) is 0. The average molecular weight is 394 g/mol. The Hall–Kier alpha value is -1.20. The predicted molar refractivity (Wildman–Crippen MR) is 112 cm³/mol. The zero-order valence-electron chi connectivity index (χ0n) is 17.2. The third-order valence-corrected chi connectivity index (χ3v) is 6.64. The fraction of sp³-hybridized carbons (Fsp3) is 0.682. The zero-order valence-corrected chi connectivity index (χ0v) is 18.0. The second-order valence-electron chi connectivity index (χ2n) is 8.84. The van der Waals surface area contributed by atoms with Crippen LogP contribution in [0.25, 0.3) is 0 Å². The molecule has 1 amide bonds. The molecule has 0 aromatic heterocycles. The van der Waals surface area contributed by atoms with Crippen molar-refractivity contribution in [3.05, 3.63) is 29.3 Å². The molecule has 0 aliphatic heterocycles. The van der Waals surface area contributed by atoms with Crippen LogP contribution in [-0.4, -0.2) is 23.6 Å². The van der Waals surface area contributed by atoms with E-state index in [0.29, 0.717) is 0 Å². The highest BCUT2D eigenvalue weighted by atomic mass is 32.2. The first kappa shape index (κ1) is 22.1. The number of aliphatic hydroxyl groups excluding tert-OH is 1. The largest absolute Gasteiger partial charge is 0.449 e. The number of primary amides is 1. The molecule has 5 heteroatoms. The van der Waals surface area contributed by atoms with E-state index in [0.717, 1.165) is 17.2 Å². The first-order valence-corrected chi connectivity index (χ1v) is 11.0. The molecule has 2 unspecified atom stereocenters. The van der Waals surface area contributed by atoms with Crippen LogP contribution in [0, 0.1) is 11.8 Å². The molecule has 1 fully saturated rings. The van der Waals surface area contributed by atoms with Crippen LogP contribution < -0.4 is 5.73 Å². The van der Waals surface area contributed by atoms with Gasteiger partial charge in [0.05, 0.1) is 12.7 Å². The Kier molecular flexibility index (Phi) is 8.04. The van der Waals surface area contributed by atoms with Crippen LogP contribution in [-0.2, 0) is 10.2 Å². The van der Waals surface area contributed by atoms with Crippen molar-refractivity contribution in [1.29, 1.82) is 0 Å². The third kappa shape index (κ3) is 6.42. The Labute approximate surface area is 168 Å². The van der Waals surface area contributed by atoms with E-state index in [2.05, 4.69) is 26.8 Å². The van der Waals surface area contributed by atoms with Gasteiger partial charge in [-0.2, -0.15) is 0 Å². The number of thioether (sulfide) groups is 1. The lowest BCUT2D eigenvalue weighted by atomic mass is 9.80. The molecule has 152 valence electrons. The van der Waals surface area contributed by atoms with E-state index in [1.807, 2.05) is 30.8 Å². The molecule has 27 heavy (non-hydrogen) atoms. The number of amides is 1. The predicted octanol–water partition coefficient (Wildman–Crippen LogP) is 5.42. The number of benzene rings is 1. The molecule has 0 heterocycles. The van der Waals surface area contributed by atoms with Crippen LogP contribution >= 0.6 is 11.8 Å². The SMILES string of the molecule is CC(COC(N)=O)C(O)c1cccc(SCC2CCCCC2)c1C(C)(C)C. The highest BCUT2D eigenvalue weighted by Crippen LogP contribution is 2.40. The molecule has 1 aliphatic rings. The van der Waals surface area contributed by atoms with Gasteiger partial charge < -0.3 is 15.6 Å². The van der Waals surface area contributed by atoms with Crippen molar-refractivity contribution in [2.45, 2.75) is 76.2 Å². The summed E-state index contributed by atoms with van der Waals surface area (Å²) >= 11 is 1.93. The quantitative estimate of drug-likeness (QED) is 0.607. The molecule has 1 saturated carbocycles. The maximum absolute atomic E-state index is 10.9. The first-order chi connectivity index (χ1) is 12.7. The smallest absolute Gasteiger partial charge is 0.404 e. The third-order valence-electron chi connectivity index (χ3n) is 5.35. The van der Waals surface area contributed by atoms with Gasteiger partial charge >= 0.3 is 6.09 Å². The van der Waals surface area contributed by atoms with E-state index in [1.54, 1.807) is 0 Å². The van der Waals surface area contributed by atoms with Crippen LogP contribution in [0.1, 0.15) is 77.0 Å². The van der Waals surface area contributed by atoms with Crippen LogP contribution in [0.3, 0.4) is 0 Å². The molecule has 2 atom stereocenters. The number of nitrogens with two attached hydrogens (primary N) is 1. The van der Waals surface area contributed by atoms with E-state index in [4.69, 9.17) is 10.5 Å². The van der Waals surface area contributed by atoms with Crippen LogP contribution in [0.5, 0.6) is 0 Å². The minimum atomic E-state index is -0.804. The van der Waals surface area contributed by atoms with Gasteiger partial charge in [-0.1, -0.05) is 59.1 Å². The van der Waals surface area contributed by atoms with Crippen LogP contribution in [0.15, 0.2) is 23.1 Å². The number of carbonyl (C=O) groups excluding carboxylic acids is 1. The molecule has 1 aromatic carbocycles. The zero-order chi connectivity index (χ0) is 20.0. The number of hydrogen-bond acceptors (Lipinski definition) is 4. The number of rotatable bonds is 7. The Morgan fingerprint density at radius 3 is 2.56 bits per heavy atom. The lowest BCUT2D eigenvalue weighted by Crippen LogP contribution is -2.24. The van der Waals surface area contributed by atoms with Crippen molar-refractivity contribution >= 4 is 17.9 Å². The van der Waals surface area contributed by atoms with Gasteiger partial charge in [-0.25, -0.2) is 4.79 Å². The number of carbonyl (C=O) groups is 1. The number of aliphatic hydroxyl groups is 1. The van der Waals surface area contributed by atoms with Crippen molar-refractivity contribution in [2.24, 2.45) is 17.6 Å². The summed E-state index contributed by atoms with van der Waals surface area (Å²) < 4.78 is 4.90. The fourth-order valence-electron chi connectivity index (χ4n) is 3.89. The van der Waals surface area contributed by atoms with Gasteiger partial charge in [0.1, 0.15) is 0 Å². The van der Waals surface area contributed by atoms with Crippen molar-refractivity contribution in [2.75, 3.05) is 12.4 Å². The maximum Gasteiger partial charge on any atom is 0.404 e. The summed E-state index contributed by atoms with van der Waals surface area (Å²) in [5.41, 5.74) is 7.11. The highest BCUT2D eigenvalue weighted by Gasteiger charge is 2.28. The lowest BCUT2D eigenvalue weighted by Gasteiger charge is -2.30. The Morgan fingerprint density at radius 1 is 1.30 bits per heavy atom. The van der Waals surface area contributed by atoms with Gasteiger partial charge in [0.2, 0.25) is 0 Å².